The van der Waals surface area contributed by atoms with E-state index < -0.39 is 0 Å². The van der Waals surface area contributed by atoms with E-state index in [4.69, 9.17) is 16.3 Å². The molecular formula is C21H17BrClN3O2S. The molecule has 148 valence electrons. The molecule has 2 aromatic carbocycles. The second-order valence-electron chi connectivity index (χ2n) is 6.56. The highest BCUT2D eigenvalue weighted by Crippen LogP contribution is 2.34. The summed E-state index contributed by atoms with van der Waals surface area (Å²) in [4.78, 5) is 14.4. The van der Waals surface area contributed by atoms with E-state index in [0.717, 1.165) is 31.6 Å². The van der Waals surface area contributed by atoms with E-state index in [1.54, 1.807) is 19.2 Å². The summed E-state index contributed by atoms with van der Waals surface area (Å²) in [6.07, 6.45) is 0. The van der Waals surface area contributed by atoms with Gasteiger partial charge in [0.05, 0.1) is 29.1 Å². The molecule has 5 nitrogen and oxygen atoms in total. The number of halogens is 2. The monoisotopic (exact) mass is 489 g/mol. The van der Waals surface area contributed by atoms with Crippen molar-refractivity contribution in [1.82, 2.24) is 9.78 Å². The number of aromatic nitrogens is 2. The highest BCUT2D eigenvalue weighted by Gasteiger charge is 2.19. The first kappa shape index (κ1) is 19.9. The van der Waals surface area contributed by atoms with Crippen molar-refractivity contribution in [3.63, 3.8) is 0 Å². The standard InChI is InChI=1S/C21H17BrClN3O2S/c1-11-8-17(18(28-3)10-16(11)23)24-20(27)19-9-15-12(2)25-26(21(15)29-19)14-6-4-13(22)5-7-14/h4-10H,1-3H3,(H,24,27). The average molecular weight is 491 g/mol. The minimum Gasteiger partial charge on any atom is -0.495 e. The van der Waals surface area contributed by atoms with Crippen molar-refractivity contribution in [2.24, 2.45) is 0 Å². The largest absolute Gasteiger partial charge is 0.495 e. The van der Waals surface area contributed by atoms with Gasteiger partial charge in [-0.2, -0.15) is 5.10 Å². The van der Waals surface area contributed by atoms with Crippen LogP contribution in [0, 0.1) is 13.8 Å². The summed E-state index contributed by atoms with van der Waals surface area (Å²) in [6, 6.07) is 13.3. The van der Waals surface area contributed by atoms with Gasteiger partial charge >= 0.3 is 0 Å². The third-order valence-corrected chi connectivity index (χ3v) is 6.61. The molecule has 0 aliphatic carbocycles. The Balaban J connectivity index is 1.70. The fourth-order valence-electron chi connectivity index (χ4n) is 3.03. The molecule has 0 unspecified atom stereocenters. The number of ether oxygens (including phenoxy) is 1. The highest BCUT2D eigenvalue weighted by molar-refractivity contribution is 9.10. The smallest absolute Gasteiger partial charge is 0.265 e. The van der Waals surface area contributed by atoms with Crippen LogP contribution in [0.4, 0.5) is 5.69 Å². The number of fused-ring (bicyclic) bond motifs is 1. The number of aryl methyl sites for hydroxylation is 2. The lowest BCUT2D eigenvalue weighted by atomic mass is 10.2. The first-order chi connectivity index (χ1) is 13.9. The summed E-state index contributed by atoms with van der Waals surface area (Å²) in [6.45, 7) is 3.82. The van der Waals surface area contributed by atoms with Crippen LogP contribution in [-0.2, 0) is 0 Å². The number of thiophene rings is 1. The van der Waals surface area contributed by atoms with Crippen LogP contribution in [0.2, 0.25) is 5.02 Å². The minimum absolute atomic E-state index is 0.201. The average Bonchev–Trinajstić information content (AvgIpc) is 3.26. The number of rotatable bonds is 4. The Morgan fingerprint density at radius 3 is 2.62 bits per heavy atom. The van der Waals surface area contributed by atoms with Crippen LogP contribution in [0.15, 0.2) is 46.9 Å². The van der Waals surface area contributed by atoms with Gasteiger partial charge in [0, 0.05) is 20.9 Å². The normalized spacial score (nSPS) is 11.1. The zero-order valence-corrected chi connectivity index (χ0v) is 19.1. The molecule has 0 saturated heterocycles. The van der Waals surface area contributed by atoms with Crippen molar-refractivity contribution in [2.75, 3.05) is 12.4 Å². The first-order valence-corrected chi connectivity index (χ1v) is 10.8. The fourth-order valence-corrected chi connectivity index (χ4v) is 4.53. The Hall–Kier alpha value is -2.35. The van der Waals surface area contributed by atoms with Crippen LogP contribution in [0.3, 0.4) is 0 Å². The molecular weight excluding hydrogens is 474 g/mol. The lowest BCUT2D eigenvalue weighted by Crippen LogP contribution is -2.11. The molecule has 8 heteroatoms. The van der Waals surface area contributed by atoms with Gasteiger partial charge in [-0.15, -0.1) is 11.3 Å². The maximum Gasteiger partial charge on any atom is 0.265 e. The third kappa shape index (κ3) is 3.77. The number of nitrogens with one attached hydrogen (secondary N) is 1. The second kappa shape index (κ2) is 7.82. The van der Waals surface area contributed by atoms with Gasteiger partial charge in [-0.1, -0.05) is 27.5 Å². The SMILES string of the molecule is COc1cc(Cl)c(C)cc1NC(=O)c1cc2c(C)nn(-c3ccc(Br)cc3)c2s1. The van der Waals surface area contributed by atoms with E-state index in [9.17, 15) is 4.79 Å². The van der Waals surface area contributed by atoms with Crippen LogP contribution in [0.1, 0.15) is 20.9 Å². The molecule has 4 aromatic rings. The Morgan fingerprint density at radius 1 is 1.21 bits per heavy atom. The summed E-state index contributed by atoms with van der Waals surface area (Å²) in [5.41, 5.74) is 3.26. The lowest BCUT2D eigenvalue weighted by molar-refractivity contribution is 0.103. The lowest BCUT2D eigenvalue weighted by Gasteiger charge is -2.11. The van der Waals surface area contributed by atoms with Crippen molar-refractivity contribution in [3.8, 4) is 11.4 Å². The molecule has 2 heterocycles. The Kier molecular flexibility index (Phi) is 5.38. The zero-order chi connectivity index (χ0) is 20.7. The third-order valence-electron chi connectivity index (χ3n) is 4.57. The number of nitrogens with zero attached hydrogens (tertiary/aromatic N) is 2. The van der Waals surface area contributed by atoms with Crippen molar-refractivity contribution in [3.05, 3.63) is 68.1 Å². The fraction of sp³-hybridized carbons (Fsp3) is 0.143. The van der Waals surface area contributed by atoms with Crippen LogP contribution >= 0.6 is 38.9 Å². The summed E-state index contributed by atoms with van der Waals surface area (Å²) >= 11 is 11.0. The van der Waals surface area contributed by atoms with Crippen LogP contribution in [0.5, 0.6) is 5.75 Å². The maximum absolute atomic E-state index is 12.9. The van der Waals surface area contributed by atoms with Gasteiger partial charge in [-0.3, -0.25) is 4.79 Å². The minimum atomic E-state index is -0.201. The number of benzene rings is 2. The highest BCUT2D eigenvalue weighted by atomic mass is 79.9. The molecule has 0 aliphatic heterocycles. The maximum atomic E-state index is 12.9. The Morgan fingerprint density at radius 2 is 1.93 bits per heavy atom. The second-order valence-corrected chi connectivity index (χ2v) is 8.91. The molecule has 0 atom stereocenters. The molecule has 4 rings (SSSR count). The first-order valence-electron chi connectivity index (χ1n) is 8.78. The van der Waals surface area contributed by atoms with Crippen molar-refractivity contribution in [1.29, 1.82) is 0 Å². The van der Waals surface area contributed by atoms with Gasteiger partial charge in [0.1, 0.15) is 10.6 Å². The number of amides is 1. The molecule has 0 aliphatic rings. The molecule has 1 amide bonds. The molecule has 1 N–H and O–H groups in total. The number of hydrogen-bond donors (Lipinski definition) is 1. The molecule has 0 radical (unpaired) electrons. The van der Waals surface area contributed by atoms with Crippen molar-refractivity contribution in [2.45, 2.75) is 13.8 Å². The zero-order valence-electron chi connectivity index (χ0n) is 15.9. The topological polar surface area (TPSA) is 56.1 Å². The molecule has 0 bridgehead atoms. The molecule has 0 fully saturated rings. The quantitative estimate of drug-likeness (QED) is 0.361. The van der Waals surface area contributed by atoms with E-state index in [0.29, 0.717) is 21.3 Å². The van der Waals surface area contributed by atoms with Gasteiger partial charge in [0.2, 0.25) is 0 Å². The number of carbonyl (C=O) groups is 1. The van der Waals surface area contributed by atoms with Gasteiger partial charge < -0.3 is 10.1 Å². The summed E-state index contributed by atoms with van der Waals surface area (Å²) < 4.78 is 8.22. The molecule has 29 heavy (non-hydrogen) atoms. The van der Waals surface area contributed by atoms with E-state index >= 15 is 0 Å². The molecule has 2 aromatic heterocycles. The van der Waals surface area contributed by atoms with Gasteiger partial charge in [0.15, 0.2) is 0 Å². The van der Waals surface area contributed by atoms with Gasteiger partial charge in [-0.25, -0.2) is 4.68 Å². The number of anilines is 1. The van der Waals surface area contributed by atoms with Crippen LogP contribution < -0.4 is 10.1 Å². The van der Waals surface area contributed by atoms with E-state index in [1.807, 2.05) is 48.9 Å². The number of hydrogen-bond acceptors (Lipinski definition) is 4. The number of methoxy groups -OCH3 is 1. The van der Waals surface area contributed by atoms with E-state index in [1.165, 1.54) is 11.3 Å². The summed E-state index contributed by atoms with van der Waals surface area (Å²) in [7, 11) is 1.55. The predicted molar refractivity (Wildman–Crippen MR) is 122 cm³/mol. The van der Waals surface area contributed by atoms with Crippen molar-refractivity contribution >= 4 is 60.7 Å². The Bertz CT molecular complexity index is 1230. The van der Waals surface area contributed by atoms with E-state index in [2.05, 4.69) is 26.3 Å². The van der Waals surface area contributed by atoms with Gasteiger partial charge in [0.25, 0.3) is 5.91 Å². The van der Waals surface area contributed by atoms with Crippen LogP contribution in [-0.4, -0.2) is 22.8 Å². The van der Waals surface area contributed by atoms with E-state index in [-0.39, 0.29) is 5.91 Å². The van der Waals surface area contributed by atoms with Crippen LogP contribution in [0.25, 0.3) is 15.9 Å². The summed E-state index contributed by atoms with van der Waals surface area (Å²) in [5, 5.41) is 9.11. The Labute approximate surface area is 185 Å². The number of carbonyl (C=O) groups excluding carboxylic acids is 1. The molecule has 0 spiro atoms. The van der Waals surface area contributed by atoms with Crippen molar-refractivity contribution < 1.29 is 9.53 Å². The summed E-state index contributed by atoms with van der Waals surface area (Å²) in [5.74, 6) is 0.320. The molecule has 0 saturated carbocycles. The van der Waals surface area contributed by atoms with Gasteiger partial charge in [-0.05, 0) is 55.8 Å². The predicted octanol–water partition coefficient (Wildman–Crippen LogP) is 6.38.